The molecule has 0 bridgehead atoms. The van der Waals surface area contributed by atoms with Crippen molar-refractivity contribution in [3.8, 4) is 0 Å². The van der Waals surface area contributed by atoms with Crippen LogP contribution in [0.3, 0.4) is 0 Å². The zero-order valence-corrected chi connectivity index (χ0v) is 18.8. The van der Waals surface area contributed by atoms with Crippen LogP contribution < -0.4 is 10.9 Å². The van der Waals surface area contributed by atoms with Gasteiger partial charge in [0.1, 0.15) is 5.82 Å². The molecule has 1 aliphatic carbocycles. The average Bonchev–Trinajstić information content (AvgIpc) is 3.25. The number of alkyl halides is 2. The van der Waals surface area contributed by atoms with Crippen LogP contribution in [-0.4, -0.2) is 42.9 Å². The van der Waals surface area contributed by atoms with Gasteiger partial charge >= 0.3 is 0 Å². The number of amides is 1. The first-order valence-corrected chi connectivity index (χ1v) is 11.3. The van der Waals surface area contributed by atoms with Crippen LogP contribution >= 0.6 is 0 Å². The van der Waals surface area contributed by atoms with Crippen molar-refractivity contribution >= 4 is 22.6 Å². The molecule has 8 nitrogen and oxygen atoms in total. The predicted octanol–water partition coefficient (Wildman–Crippen LogP) is 3.42. The van der Waals surface area contributed by atoms with E-state index in [0.29, 0.717) is 33.3 Å². The van der Waals surface area contributed by atoms with Crippen molar-refractivity contribution in [3.05, 3.63) is 92.9 Å². The number of carbonyl (C=O) groups is 1. The van der Waals surface area contributed by atoms with Crippen molar-refractivity contribution in [1.29, 1.82) is 0 Å². The van der Waals surface area contributed by atoms with Crippen molar-refractivity contribution in [1.82, 2.24) is 25.1 Å². The molecule has 36 heavy (non-hydrogen) atoms. The molecule has 2 aromatic carbocycles. The van der Waals surface area contributed by atoms with Crippen LogP contribution in [0.4, 0.5) is 19.1 Å². The van der Waals surface area contributed by atoms with Gasteiger partial charge in [-0.25, -0.2) is 28.2 Å². The maximum Gasteiger partial charge on any atom is 0.272 e. The number of H-pyrrole nitrogens is 1. The Morgan fingerprint density at radius 3 is 2.72 bits per heavy atom. The Bertz CT molecular complexity index is 1590. The summed E-state index contributed by atoms with van der Waals surface area (Å²) in [4.78, 5) is 35.1. The van der Waals surface area contributed by atoms with Gasteiger partial charge in [-0.3, -0.25) is 9.59 Å². The molecule has 2 N–H and O–H groups in total. The van der Waals surface area contributed by atoms with Gasteiger partial charge < -0.3 is 10.2 Å². The molecule has 1 atom stereocenters. The minimum Gasteiger partial charge on any atom is -0.345 e. The normalized spacial score (nSPS) is 17.8. The molecule has 182 valence electrons. The van der Waals surface area contributed by atoms with E-state index < -0.39 is 23.7 Å². The molecule has 3 heterocycles. The zero-order valence-electron chi connectivity index (χ0n) is 18.8. The Kier molecular flexibility index (Phi) is 5.02. The number of nitrogens with one attached hydrogen (secondary N) is 2. The Morgan fingerprint density at radius 1 is 1.17 bits per heavy atom. The Balaban J connectivity index is 1.22. The molecule has 1 aliphatic heterocycles. The van der Waals surface area contributed by atoms with Crippen LogP contribution in [0.2, 0.25) is 0 Å². The highest BCUT2D eigenvalue weighted by Gasteiger charge is 2.57. The molecule has 0 spiro atoms. The number of fused-ring (bicyclic) bond motifs is 2. The van der Waals surface area contributed by atoms with Gasteiger partial charge in [-0.1, -0.05) is 24.3 Å². The predicted molar refractivity (Wildman–Crippen MR) is 124 cm³/mol. The summed E-state index contributed by atoms with van der Waals surface area (Å²) < 4.78 is 41.1. The van der Waals surface area contributed by atoms with E-state index in [9.17, 15) is 22.8 Å². The van der Waals surface area contributed by atoms with Crippen molar-refractivity contribution in [2.45, 2.75) is 37.9 Å². The molecule has 1 amide bonds. The summed E-state index contributed by atoms with van der Waals surface area (Å²) in [5.74, 6) is -3.86. The number of aromatic amines is 1. The minimum absolute atomic E-state index is 0.0824. The first-order valence-electron chi connectivity index (χ1n) is 11.3. The van der Waals surface area contributed by atoms with E-state index in [1.54, 1.807) is 30.3 Å². The van der Waals surface area contributed by atoms with Gasteiger partial charge in [-0.05, 0) is 23.8 Å². The Labute approximate surface area is 202 Å². The number of rotatable bonds is 5. The number of benzene rings is 2. The Hall–Kier alpha value is -4.28. The second-order valence-electron chi connectivity index (χ2n) is 9.02. The second-order valence-corrected chi connectivity index (χ2v) is 9.02. The van der Waals surface area contributed by atoms with Crippen molar-refractivity contribution in [2.75, 3.05) is 5.32 Å². The number of anilines is 1. The van der Waals surface area contributed by atoms with Crippen molar-refractivity contribution < 1.29 is 18.0 Å². The standard InChI is InChI=1S/C25H19F3N6O2/c26-18-6-5-13(8-19-15-3-1-2-4-16(15)22(35)33-32-19)7-17(18)23(36)34-11-14-10-29-24(30-20(14)12-34)31-21-9-25(21,27)28/h1-7,10,21H,8-9,11-12H2,(H,33,35)(H,29,30,31). The summed E-state index contributed by atoms with van der Waals surface area (Å²) in [5.41, 5.74) is 2.06. The van der Waals surface area contributed by atoms with Crippen LogP contribution in [-0.2, 0) is 19.5 Å². The maximum atomic E-state index is 14.7. The summed E-state index contributed by atoms with van der Waals surface area (Å²) in [6.45, 7) is 0.298. The molecule has 0 saturated heterocycles. The third kappa shape index (κ3) is 3.96. The van der Waals surface area contributed by atoms with Gasteiger partial charge in [0.15, 0.2) is 0 Å². The highest BCUT2D eigenvalue weighted by molar-refractivity contribution is 5.95. The maximum absolute atomic E-state index is 14.7. The third-order valence-corrected chi connectivity index (χ3v) is 6.48. The summed E-state index contributed by atoms with van der Waals surface area (Å²) in [5, 5.41) is 10.4. The summed E-state index contributed by atoms with van der Waals surface area (Å²) in [7, 11) is 0. The molecular weight excluding hydrogens is 473 g/mol. The van der Waals surface area contributed by atoms with Gasteiger partial charge in [0, 0.05) is 36.5 Å². The number of hydrogen-bond donors (Lipinski definition) is 2. The fourth-order valence-electron chi connectivity index (χ4n) is 4.41. The molecule has 1 saturated carbocycles. The first-order chi connectivity index (χ1) is 17.3. The molecule has 6 rings (SSSR count). The largest absolute Gasteiger partial charge is 0.345 e. The lowest BCUT2D eigenvalue weighted by molar-refractivity contribution is 0.0745. The van der Waals surface area contributed by atoms with Crippen LogP contribution in [0, 0.1) is 5.82 Å². The molecule has 1 fully saturated rings. The fraction of sp³-hybridized carbons (Fsp3) is 0.240. The molecule has 2 aliphatic rings. The number of aromatic nitrogens is 4. The number of carbonyl (C=O) groups excluding carboxylic acids is 1. The Morgan fingerprint density at radius 2 is 1.94 bits per heavy atom. The quantitative estimate of drug-likeness (QED) is 0.443. The van der Waals surface area contributed by atoms with Crippen LogP contribution in [0.1, 0.15) is 39.3 Å². The van der Waals surface area contributed by atoms with Gasteiger partial charge in [0.2, 0.25) is 5.95 Å². The molecule has 2 aromatic heterocycles. The van der Waals surface area contributed by atoms with E-state index in [1.165, 1.54) is 23.2 Å². The zero-order chi connectivity index (χ0) is 25.0. The lowest BCUT2D eigenvalue weighted by Crippen LogP contribution is -2.26. The summed E-state index contributed by atoms with van der Waals surface area (Å²) >= 11 is 0. The topological polar surface area (TPSA) is 104 Å². The SMILES string of the molecule is O=C(c1cc(Cc2n[nH]c(=O)c3ccccc23)ccc1F)N1Cc2cnc(NC3CC3(F)F)nc2C1. The summed E-state index contributed by atoms with van der Waals surface area (Å²) in [6, 6.07) is 10.4. The molecule has 1 unspecified atom stereocenters. The third-order valence-electron chi connectivity index (χ3n) is 6.48. The lowest BCUT2D eigenvalue weighted by Gasteiger charge is -2.16. The highest BCUT2D eigenvalue weighted by atomic mass is 19.3. The van der Waals surface area contributed by atoms with Crippen molar-refractivity contribution in [3.63, 3.8) is 0 Å². The summed E-state index contributed by atoms with van der Waals surface area (Å²) in [6.07, 6.45) is 1.51. The van der Waals surface area contributed by atoms with Crippen molar-refractivity contribution in [2.24, 2.45) is 0 Å². The van der Waals surface area contributed by atoms with Crippen LogP contribution in [0.25, 0.3) is 10.8 Å². The van der Waals surface area contributed by atoms with Gasteiger partial charge in [0.05, 0.1) is 34.9 Å². The average molecular weight is 492 g/mol. The van der Waals surface area contributed by atoms with Gasteiger partial charge in [-0.15, -0.1) is 0 Å². The minimum atomic E-state index is -2.76. The number of nitrogens with zero attached hydrogens (tertiary/aromatic N) is 4. The van der Waals surface area contributed by atoms with Gasteiger partial charge in [-0.2, -0.15) is 5.10 Å². The van der Waals surface area contributed by atoms with Crippen LogP contribution in [0.5, 0.6) is 0 Å². The molecular formula is C25H19F3N6O2. The second kappa shape index (κ2) is 8.14. The van der Waals surface area contributed by atoms with E-state index >= 15 is 0 Å². The van der Waals surface area contributed by atoms with E-state index in [2.05, 4.69) is 25.5 Å². The van der Waals surface area contributed by atoms with Crippen LogP contribution in [0.15, 0.2) is 53.5 Å². The molecule has 4 aromatic rings. The number of hydrogen-bond acceptors (Lipinski definition) is 6. The van der Waals surface area contributed by atoms with E-state index in [1.807, 2.05) is 0 Å². The molecule has 0 radical (unpaired) electrons. The highest BCUT2D eigenvalue weighted by Crippen LogP contribution is 2.43. The van der Waals surface area contributed by atoms with E-state index in [-0.39, 0.29) is 43.0 Å². The lowest BCUT2D eigenvalue weighted by atomic mass is 10.0. The smallest absolute Gasteiger partial charge is 0.272 e. The molecule has 11 heteroatoms. The monoisotopic (exact) mass is 492 g/mol. The van der Waals surface area contributed by atoms with E-state index in [0.717, 1.165) is 0 Å². The van der Waals surface area contributed by atoms with Gasteiger partial charge in [0.25, 0.3) is 17.4 Å². The fourth-order valence-corrected chi connectivity index (χ4v) is 4.41. The number of halogens is 3. The first kappa shape index (κ1) is 22.2. The van der Waals surface area contributed by atoms with E-state index in [4.69, 9.17) is 0 Å².